The third kappa shape index (κ3) is 8.37. The fraction of sp³-hybridized carbons (Fsp3) is 0.586. The fourth-order valence-corrected chi connectivity index (χ4v) is 4.47. The highest BCUT2D eigenvalue weighted by Gasteiger charge is 2.34. The molecule has 0 saturated heterocycles. The van der Waals surface area contributed by atoms with Gasteiger partial charge in [0, 0.05) is 25.6 Å². The number of nitrogens with one attached hydrogen (secondary N) is 1. The molecule has 0 aliphatic heterocycles. The van der Waals surface area contributed by atoms with E-state index in [4.69, 9.17) is 19.3 Å². The highest BCUT2D eigenvalue weighted by molar-refractivity contribution is 5.83. The maximum atomic E-state index is 12.9. The van der Waals surface area contributed by atoms with Gasteiger partial charge in [0.15, 0.2) is 0 Å². The van der Waals surface area contributed by atoms with Crippen LogP contribution in [0.3, 0.4) is 0 Å². The van der Waals surface area contributed by atoms with Crippen LogP contribution in [0.15, 0.2) is 36.4 Å². The summed E-state index contributed by atoms with van der Waals surface area (Å²) >= 11 is 0. The van der Waals surface area contributed by atoms with Gasteiger partial charge in [-0.2, -0.15) is 5.10 Å². The number of hydrazine groups is 1. The lowest BCUT2D eigenvalue weighted by Gasteiger charge is -2.32. The van der Waals surface area contributed by atoms with Crippen LogP contribution >= 0.6 is 0 Å². The monoisotopic (exact) mass is 557 g/mol. The summed E-state index contributed by atoms with van der Waals surface area (Å²) in [6, 6.07) is 11.3. The standard InChI is InChI=1S/C29H43N5O6/c1-9-33(27(37)40-29(5,6)7)32(8)26(36)39-22-16-15-21(17-22)23-18-24(34(31-23)28(2,3)4)30-25(35)38-19-20-13-11-10-12-14-20/h10-14,18,21-22H,9,15-17,19H2,1-8H3,(H,30,35)/t21-,22+/m0/s1. The highest BCUT2D eigenvalue weighted by Crippen LogP contribution is 2.37. The van der Waals surface area contributed by atoms with Gasteiger partial charge in [0.1, 0.15) is 24.1 Å². The SMILES string of the molecule is CCN(C(=O)OC(C)(C)C)N(C)C(=O)O[C@@H]1CC[C@H](c2cc(NC(=O)OCc3ccccc3)n(C(C)(C)C)n2)C1. The Bertz CT molecular complexity index is 1170. The van der Waals surface area contributed by atoms with Gasteiger partial charge in [0.2, 0.25) is 0 Å². The summed E-state index contributed by atoms with van der Waals surface area (Å²) in [6.45, 7) is 13.5. The number of nitrogens with zero attached hydrogens (tertiary/aromatic N) is 4. The third-order valence-electron chi connectivity index (χ3n) is 6.41. The summed E-state index contributed by atoms with van der Waals surface area (Å²) < 4.78 is 18.3. The van der Waals surface area contributed by atoms with E-state index < -0.39 is 29.4 Å². The molecule has 1 aliphatic rings. The quantitative estimate of drug-likeness (QED) is 0.329. The van der Waals surface area contributed by atoms with E-state index in [1.165, 1.54) is 12.1 Å². The molecule has 1 fully saturated rings. The Morgan fingerprint density at radius 3 is 2.33 bits per heavy atom. The van der Waals surface area contributed by atoms with Crippen LogP contribution in [-0.4, -0.2) is 63.4 Å². The second-order valence-corrected chi connectivity index (χ2v) is 12.0. The van der Waals surface area contributed by atoms with Crippen LogP contribution in [0.25, 0.3) is 0 Å². The molecule has 3 amide bonds. The van der Waals surface area contributed by atoms with Gasteiger partial charge < -0.3 is 14.2 Å². The van der Waals surface area contributed by atoms with E-state index in [0.717, 1.165) is 22.7 Å². The van der Waals surface area contributed by atoms with Gasteiger partial charge >= 0.3 is 18.3 Å². The molecule has 1 N–H and O–H groups in total. The van der Waals surface area contributed by atoms with Crippen LogP contribution < -0.4 is 5.32 Å². The number of anilines is 1. The number of carbonyl (C=O) groups excluding carboxylic acids is 3. The number of hydrogen-bond acceptors (Lipinski definition) is 7. The van der Waals surface area contributed by atoms with Gasteiger partial charge in [-0.3, -0.25) is 5.32 Å². The smallest absolute Gasteiger partial charge is 0.429 e. The van der Waals surface area contributed by atoms with E-state index in [1.807, 2.05) is 57.2 Å². The Hall–Kier alpha value is -3.76. The second kappa shape index (κ2) is 12.6. The van der Waals surface area contributed by atoms with Crippen molar-refractivity contribution in [3.63, 3.8) is 0 Å². The number of benzene rings is 1. The molecule has 2 aromatic rings. The molecule has 0 spiro atoms. The number of ether oxygens (including phenoxy) is 3. The van der Waals surface area contributed by atoms with Crippen molar-refractivity contribution >= 4 is 24.1 Å². The molecule has 0 unspecified atom stereocenters. The summed E-state index contributed by atoms with van der Waals surface area (Å²) in [7, 11) is 1.49. The fourth-order valence-electron chi connectivity index (χ4n) is 4.47. The molecule has 1 aromatic carbocycles. The van der Waals surface area contributed by atoms with Crippen molar-refractivity contribution in [2.75, 3.05) is 18.9 Å². The summed E-state index contributed by atoms with van der Waals surface area (Å²) in [6.07, 6.45) is -0.123. The van der Waals surface area contributed by atoms with Crippen molar-refractivity contribution in [1.29, 1.82) is 0 Å². The van der Waals surface area contributed by atoms with Crippen LogP contribution in [0.5, 0.6) is 0 Å². The second-order valence-electron chi connectivity index (χ2n) is 12.0. The Kier molecular flexibility index (Phi) is 9.70. The predicted molar refractivity (Wildman–Crippen MR) is 151 cm³/mol. The predicted octanol–water partition coefficient (Wildman–Crippen LogP) is 6.26. The topological polar surface area (TPSA) is 115 Å². The molecule has 1 saturated carbocycles. The van der Waals surface area contributed by atoms with Crippen LogP contribution in [-0.2, 0) is 26.4 Å². The van der Waals surface area contributed by atoms with E-state index >= 15 is 0 Å². The van der Waals surface area contributed by atoms with E-state index in [0.29, 0.717) is 18.7 Å². The van der Waals surface area contributed by atoms with Crippen LogP contribution in [0.2, 0.25) is 0 Å². The molecular weight excluding hydrogens is 514 g/mol. The lowest BCUT2D eigenvalue weighted by Crippen LogP contribution is -2.49. The average Bonchev–Trinajstić information content (AvgIpc) is 3.49. The molecule has 0 bridgehead atoms. The van der Waals surface area contributed by atoms with E-state index in [9.17, 15) is 14.4 Å². The lowest BCUT2D eigenvalue weighted by molar-refractivity contribution is -0.0408. The normalized spacial score (nSPS) is 17.2. The number of carbonyl (C=O) groups is 3. The van der Waals surface area contributed by atoms with Crippen LogP contribution in [0, 0.1) is 0 Å². The molecular formula is C29H43N5O6. The largest absolute Gasteiger partial charge is 0.445 e. The first kappa shape index (κ1) is 30.8. The number of hydrogen-bond donors (Lipinski definition) is 1. The van der Waals surface area contributed by atoms with E-state index in [1.54, 1.807) is 32.4 Å². The van der Waals surface area contributed by atoms with E-state index in [2.05, 4.69) is 5.32 Å². The molecule has 3 rings (SSSR count). The van der Waals surface area contributed by atoms with Gasteiger partial charge in [-0.05, 0) is 73.3 Å². The summed E-state index contributed by atoms with van der Waals surface area (Å²) in [4.78, 5) is 37.9. The Labute approximate surface area is 236 Å². The van der Waals surface area contributed by atoms with Crippen molar-refractivity contribution in [3.05, 3.63) is 47.7 Å². The van der Waals surface area contributed by atoms with Crippen molar-refractivity contribution in [2.24, 2.45) is 0 Å². The molecule has 220 valence electrons. The molecule has 11 nitrogen and oxygen atoms in total. The van der Waals surface area contributed by atoms with Crippen LogP contribution in [0.4, 0.5) is 20.2 Å². The minimum absolute atomic E-state index is 0.0423. The molecule has 0 radical (unpaired) electrons. The molecule has 1 aromatic heterocycles. The molecule has 1 heterocycles. The first-order valence-corrected chi connectivity index (χ1v) is 13.7. The minimum Gasteiger partial charge on any atom is -0.445 e. The molecule has 40 heavy (non-hydrogen) atoms. The molecule has 2 atom stereocenters. The summed E-state index contributed by atoms with van der Waals surface area (Å²) in [5, 5.41) is 10.0. The molecule has 11 heteroatoms. The average molecular weight is 558 g/mol. The summed E-state index contributed by atoms with van der Waals surface area (Å²) in [5.41, 5.74) is 0.632. The van der Waals surface area contributed by atoms with Gasteiger partial charge in [-0.1, -0.05) is 30.3 Å². The minimum atomic E-state index is -0.684. The third-order valence-corrected chi connectivity index (χ3v) is 6.41. The van der Waals surface area contributed by atoms with Crippen molar-refractivity contribution in [1.82, 2.24) is 19.8 Å². The number of aromatic nitrogens is 2. The van der Waals surface area contributed by atoms with Crippen molar-refractivity contribution in [3.8, 4) is 0 Å². The van der Waals surface area contributed by atoms with Crippen molar-refractivity contribution < 1.29 is 28.6 Å². The highest BCUT2D eigenvalue weighted by atomic mass is 16.6. The number of amides is 3. The first-order chi connectivity index (χ1) is 18.7. The van der Waals surface area contributed by atoms with Gasteiger partial charge in [-0.25, -0.2) is 29.1 Å². The van der Waals surface area contributed by atoms with Gasteiger partial charge in [0.25, 0.3) is 0 Å². The Balaban J connectivity index is 1.62. The van der Waals surface area contributed by atoms with Crippen LogP contribution in [0.1, 0.15) is 84.9 Å². The zero-order valence-electron chi connectivity index (χ0n) is 24.9. The molecule has 1 aliphatic carbocycles. The summed E-state index contributed by atoms with van der Waals surface area (Å²) in [5.74, 6) is 0.581. The van der Waals surface area contributed by atoms with Gasteiger partial charge in [0.05, 0.1) is 11.2 Å². The van der Waals surface area contributed by atoms with Crippen molar-refractivity contribution in [2.45, 2.75) is 97.5 Å². The number of rotatable bonds is 6. The van der Waals surface area contributed by atoms with E-state index in [-0.39, 0.29) is 25.2 Å². The maximum Gasteiger partial charge on any atom is 0.429 e. The zero-order valence-corrected chi connectivity index (χ0v) is 24.9. The Morgan fingerprint density at radius 1 is 1.05 bits per heavy atom. The zero-order chi connectivity index (χ0) is 29.7. The maximum absolute atomic E-state index is 12.9. The Morgan fingerprint density at radius 2 is 1.73 bits per heavy atom. The van der Waals surface area contributed by atoms with Gasteiger partial charge in [-0.15, -0.1) is 0 Å². The lowest BCUT2D eigenvalue weighted by atomic mass is 10.0. The first-order valence-electron chi connectivity index (χ1n) is 13.7.